The third kappa shape index (κ3) is 5.19. The van der Waals surface area contributed by atoms with Crippen LogP contribution in [0.1, 0.15) is 0 Å². The second-order valence-corrected chi connectivity index (χ2v) is 14.1. The van der Waals surface area contributed by atoms with E-state index in [1.807, 2.05) is 73.8 Å². The van der Waals surface area contributed by atoms with Crippen LogP contribution in [0.25, 0.3) is 99.5 Å². The Kier molecular flexibility index (Phi) is 7.38. The molecular formula is C50H32N6. The monoisotopic (exact) mass is 716 g/mol. The highest BCUT2D eigenvalue weighted by Crippen LogP contribution is 2.44. The molecule has 0 amide bonds. The Morgan fingerprint density at radius 3 is 1.20 bits per heavy atom. The molecule has 0 fully saturated rings. The largest absolute Gasteiger partial charge is 0.309 e. The third-order valence-electron chi connectivity index (χ3n) is 10.8. The van der Waals surface area contributed by atoms with Gasteiger partial charge in [0.2, 0.25) is 0 Å². The summed E-state index contributed by atoms with van der Waals surface area (Å²) < 4.78 is 4.87. The quantitative estimate of drug-likeness (QED) is 0.172. The smallest absolute Gasteiger partial charge is 0.0641 e. The van der Waals surface area contributed by atoms with Gasteiger partial charge in [-0.25, -0.2) is 0 Å². The molecule has 6 heteroatoms. The molecule has 11 aromatic rings. The number of para-hydroxylation sites is 2. The molecule has 0 N–H and O–H groups in total. The van der Waals surface area contributed by atoms with Crippen LogP contribution in [-0.2, 0) is 0 Å². The van der Waals surface area contributed by atoms with E-state index in [0.717, 1.165) is 77.9 Å². The topological polar surface area (TPSA) is 61.4 Å². The molecule has 0 aliphatic rings. The minimum Gasteiger partial charge on any atom is -0.309 e. The van der Waals surface area contributed by atoms with Crippen molar-refractivity contribution < 1.29 is 0 Å². The molecule has 0 saturated carbocycles. The summed E-state index contributed by atoms with van der Waals surface area (Å²) in [6, 6.07) is 52.2. The Hall–Kier alpha value is -7.70. The maximum atomic E-state index is 4.48. The predicted octanol–water partition coefficient (Wildman–Crippen LogP) is 12.1. The number of hydrogen-bond donors (Lipinski definition) is 0. The van der Waals surface area contributed by atoms with Crippen molar-refractivity contribution in [3.8, 4) is 55.9 Å². The van der Waals surface area contributed by atoms with Crippen LogP contribution in [0.4, 0.5) is 0 Å². The van der Waals surface area contributed by atoms with Gasteiger partial charge in [0.1, 0.15) is 0 Å². The number of aromatic nitrogens is 6. The van der Waals surface area contributed by atoms with Gasteiger partial charge in [-0.1, -0.05) is 66.7 Å². The van der Waals surface area contributed by atoms with E-state index in [4.69, 9.17) is 0 Å². The molecule has 6 heterocycles. The van der Waals surface area contributed by atoms with Gasteiger partial charge in [-0.3, -0.25) is 19.9 Å². The fourth-order valence-electron chi connectivity index (χ4n) is 8.34. The van der Waals surface area contributed by atoms with Gasteiger partial charge in [-0.15, -0.1) is 0 Å². The SMILES string of the molecule is c1cncc(-c2cc(-c3cccnc3)cc(-n3c4ccccc4c4c3ccc3c5ccccc5n(-c5cc(-c6cccnc6)cc(-c6cccnc6)c5)c34)c2)c1. The first-order valence-electron chi connectivity index (χ1n) is 18.7. The second-order valence-electron chi connectivity index (χ2n) is 14.1. The minimum absolute atomic E-state index is 1.06. The molecule has 0 atom stereocenters. The molecular weight excluding hydrogens is 685 g/mol. The van der Waals surface area contributed by atoms with Crippen LogP contribution >= 0.6 is 0 Å². The van der Waals surface area contributed by atoms with Gasteiger partial charge in [-0.05, 0) is 101 Å². The molecule has 0 radical (unpaired) electrons. The van der Waals surface area contributed by atoms with Crippen molar-refractivity contribution in [3.63, 3.8) is 0 Å². The molecule has 56 heavy (non-hydrogen) atoms. The Bertz CT molecular complexity index is 3110. The highest BCUT2D eigenvalue weighted by atomic mass is 15.0. The van der Waals surface area contributed by atoms with Crippen LogP contribution in [0.15, 0.2) is 195 Å². The first-order chi connectivity index (χ1) is 27.8. The van der Waals surface area contributed by atoms with Gasteiger partial charge in [0.25, 0.3) is 0 Å². The van der Waals surface area contributed by atoms with Crippen LogP contribution in [0.3, 0.4) is 0 Å². The zero-order valence-corrected chi connectivity index (χ0v) is 30.2. The van der Waals surface area contributed by atoms with Crippen molar-refractivity contribution in [1.29, 1.82) is 0 Å². The average Bonchev–Trinajstić information content (AvgIpc) is 3.80. The third-order valence-corrected chi connectivity index (χ3v) is 10.8. The van der Waals surface area contributed by atoms with Crippen LogP contribution < -0.4 is 0 Å². The summed E-state index contributed by atoms with van der Waals surface area (Å²) in [6.07, 6.45) is 15.0. The Balaban J connectivity index is 1.25. The normalized spacial score (nSPS) is 11.6. The molecule has 0 aliphatic carbocycles. The summed E-state index contributed by atoms with van der Waals surface area (Å²) >= 11 is 0. The fourth-order valence-corrected chi connectivity index (χ4v) is 8.34. The van der Waals surface area contributed by atoms with E-state index >= 15 is 0 Å². The van der Waals surface area contributed by atoms with Crippen molar-refractivity contribution in [2.24, 2.45) is 0 Å². The van der Waals surface area contributed by atoms with Crippen LogP contribution in [-0.4, -0.2) is 29.1 Å². The van der Waals surface area contributed by atoms with E-state index in [1.165, 1.54) is 21.5 Å². The molecule has 0 unspecified atom stereocenters. The molecule has 0 saturated heterocycles. The van der Waals surface area contributed by atoms with E-state index in [-0.39, 0.29) is 0 Å². The van der Waals surface area contributed by atoms with Gasteiger partial charge in [0, 0.05) is 105 Å². The molecule has 6 nitrogen and oxygen atoms in total. The van der Waals surface area contributed by atoms with Gasteiger partial charge >= 0.3 is 0 Å². The van der Waals surface area contributed by atoms with Crippen LogP contribution in [0, 0.1) is 0 Å². The van der Waals surface area contributed by atoms with Gasteiger partial charge in [-0.2, -0.15) is 0 Å². The molecule has 5 aromatic carbocycles. The summed E-state index contributed by atoms with van der Waals surface area (Å²) in [5, 5.41) is 4.78. The van der Waals surface area contributed by atoms with Gasteiger partial charge in [0.05, 0.1) is 22.1 Å². The lowest BCUT2D eigenvalue weighted by Gasteiger charge is -2.15. The molecule has 262 valence electrons. The molecule has 6 aromatic heterocycles. The van der Waals surface area contributed by atoms with Crippen molar-refractivity contribution in [1.82, 2.24) is 29.1 Å². The Morgan fingerprint density at radius 2 is 0.732 bits per heavy atom. The Morgan fingerprint density at radius 1 is 0.304 bits per heavy atom. The number of fused-ring (bicyclic) bond motifs is 7. The molecule has 0 aliphatic heterocycles. The van der Waals surface area contributed by atoms with E-state index in [2.05, 4.69) is 150 Å². The fraction of sp³-hybridized carbons (Fsp3) is 0. The van der Waals surface area contributed by atoms with Crippen molar-refractivity contribution >= 4 is 43.6 Å². The number of nitrogens with zero attached hydrogens (tertiary/aromatic N) is 6. The molecule has 0 spiro atoms. The van der Waals surface area contributed by atoms with Crippen LogP contribution in [0.2, 0.25) is 0 Å². The highest BCUT2D eigenvalue weighted by molar-refractivity contribution is 6.26. The second kappa shape index (κ2) is 13.0. The van der Waals surface area contributed by atoms with E-state index in [9.17, 15) is 0 Å². The Labute approximate surface area is 322 Å². The summed E-state index contributed by atoms with van der Waals surface area (Å²) in [5.41, 5.74) is 15.3. The first-order valence-corrected chi connectivity index (χ1v) is 18.7. The lowest BCUT2D eigenvalue weighted by atomic mass is 9.99. The number of rotatable bonds is 6. The van der Waals surface area contributed by atoms with Gasteiger partial charge < -0.3 is 9.13 Å². The summed E-state index contributed by atoms with van der Waals surface area (Å²) in [5.74, 6) is 0. The minimum atomic E-state index is 1.06. The van der Waals surface area contributed by atoms with Crippen molar-refractivity contribution in [2.45, 2.75) is 0 Å². The van der Waals surface area contributed by atoms with Crippen LogP contribution in [0.5, 0.6) is 0 Å². The van der Waals surface area contributed by atoms with Crippen molar-refractivity contribution in [3.05, 3.63) is 195 Å². The summed E-state index contributed by atoms with van der Waals surface area (Å²) in [4.78, 5) is 17.9. The number of hydrogen-bond acceptors (Lipinski definition) is 4. The lowest BCUT2D eigenvalue weighted by Crippen LogP contribution is -1.98. The standard InChI is InChI=1S/C50H32N6/c1-3-15-46-43(13-1)44-17-18-48-49(50(44)56(46)42-27-39(35-11-7-21-53-31-35)24-40(28-42)36-12-8-22-54-32-36)45-14-2-4-16-47(45)55(48)41-25-37(33-9-5-19-51-29-33)23-38(26-41)34-10-6-20-52-30-34/h1-32H. The predicted molar refractivity (Wildman–Crippen MR) is 228 cm³/mol. The zero-order chi connectivity index (χ0) is 37.0. The van der Waals surface area contributed by atoms with Crippen molar-refractivity contribution in [2.75, 3.05) is 0 Å². The average molecular weight is 717 g/mol. The molecule has 11 rings (SSSR count). The summed E-state index contributed by atoms with van der Waals surface area (Å²) in [6.45, 7) is 0. The van der Waals surface area contributed by atoms with E-state index < -0.39 is 0 Å². The zero-order valence-electron chi connectivity index (χ0n) is 30.2. The first kappa shape index (κ1) is 31.8. The highest BCUT2D eigenvalue weighted by Gasteiger charge is 2.22. The van der Waals surface area contributed by atoms with E-state index in [0.29, 0.717) is 0 Å². The maximum Gasteiger partial charge on any atom is 0.0641 e. The van der Waals surface area contributed by atoms with E-state index in [1.54, 1.807) is 0 Å². The molecule has 0 bridgehead atoms. The number of benzene rings is 5. The lowest BCUT2D eigenvalue weighted by molar-refractivity contribution is 1.17. The number of pyridine rings is 4. The maximum absolute atomic E-state index is 4.48. The van der Waals surface area contributed by atoms with Gasteiger partial charge in [0.15, 0.2) is 0 Å². The summed E-state index contributed by atoms with van der Waals surface area (Å²) in [7, 11) is 0.